The molecule has 88 valence electrons. The van der Waals surface area contributed by atoms with Crippen LogP contribution in [0.5, 0.6) is 0 Å². The fourth-order valence-electron chi connectivity index (χ4n) is 1.68. The molecule has 1 saturated carbocycles. The van der Waals surface area contributed by atoms with Crippen molar-refractivity contribution in [2.75, 3.05) is 0 Å². The molecule has 0 aromatic rings. The number of carboxylic acid groups (broad SMARTS) is 1. The normalized spacial score (nSPS) is 27.1. The Labute approximate surface area is 89.9 Å². The van der Waals surface area contributed by atoms with Gasteiger partial charge in [-0.3, -0.25) is 4.79 Å². The molecule has 5 nitrogen and oxygen atoms in total. The van der Waals surface area contributed by atoms with Crippen molar-refractivity contribution in [2.24, 2.45) is 5.92 Å². The minimum Gasteiger partial charge on any atom is -0.481 e. The highest BCUT2D eigenvalue weighted by atomic mass is 32.2. The molecule has 0 aromatic carbocycles. The summed E-state index contributed by atoms with van der Waals surface area (Å²) >= 11 is 0. The van der Waals surface area contributed by atoms with Gasteiger partial charge in [0.2, 0.25) is 10.0 Å². The first kappa shape index (κ1) is 12.4. The topological polar surface area (TPSA) is 83.5 Å². The molecule has 0 amide bonds. The maximum Gasteiger partial charge on any atom is 0.306 e. The number of hydrogen-bond donors (Lipinski definition) is 2. The van der Waals surface area contributed by atoms with Crippen LogP contribution in [0.4, 0.5) is 0 Å². The second-order valence-corrected chi connectivity index (χ2v) is 6.53. The van der Waals surface area contributed by atoms with Gasteiger partial charge >= 0.3 is 5.97 Å². The van der Waals surface area contributed by atoms with Gasteiger partial charge in [-0.1, -0.05) is 0 Å². The number of sulfonamides is 1. The Hall–Kier alpha value is -0.620. The van der Waals surface area contributed by atoms with Crippen molar-refractivity contribution in [3.63, 3.8) is 0 Å². The van der Waals surface area contributed by atoms with Crippen LogP contribution in [-0.2, 0) is 14.8 Å². The van der Waals surface area contributed by atoms with E-state index in [1.165, 1.54) is 0 Å². The van der Waals surface area contributed by atoms with Gasteiger partial charge < -0.3 is 5.11 Å². The van der Waals surface area contributed by atoms with Gasteiger partial charge in [0.15, 0.2) is 0 Å². The molecular weight excluding hydrogens is 218 g/mol. The maximum absolute atomic E-state index is 11.5. The molecule has 0 radical (unpaired) electrons. The molecule has 6 heteroatoms. The Morgan fingerprint density at radius 3 is 2.40 bits per heavy atom. The largest absolute Gasteiger partial charge is 0.481 e. The van der Waals surface area contributed by atoms with Gasteiger partial charge in [0.25, 0.3) is 0 Å². The van der Waals surface area contributed by atoms with Gasteiger partial charge in [0.1, 0.15) is 0 Å². The minimum absolute atomic E-state index is 0.210. The highest BCUT2D eigenvalue weighted by molar-refractivity contribution is 7.90. The van der Waals surface area contributed by atoms with Crippen molar-refractivity contribution >= 4 is 16.0 Å². The zero-order valence-electron chi connectivity index (χ0n) is 8.93. The van der Waals surface area contributed by atoms with Crippen molar-refractivity contribution in [1.82, 2.24) is 4.72 Å². The predicted octanol–water partition coefficient (Wildman–Crippen LogP) is 0.567. The third-order valence-corrected chi connectivity index (χ3v) is 4.64. The first-order valence-electron chi connectivity index (χ1n) is 5.07. The van der Waals surface area contributed by atoms with Crippen molar-refractivity contribution < 1.29 is 18.3 Å². The predicted molar refractivity (Wildman–Crippen MR) is 56.0 cm³/mol. The van der Waals surface area contributed by atoms with Crippen molar-refractivity contribution in [3.05, 3.63) is 0 Å². The van der Waals surface area contributed by atoms with Gasteiger partial charge in [-0.05, 0) is 33.1 Å². The summed E-state index contributed by atoms with van der Waals surface area (Å²) in [6, 6.07) is -0.210. The lowest BCUT2D eigenvalue weighted by molar-refractivity contribution is -0.141. The second kappa shape index (κ2) is 4.49. The molecule has 0 heterocycles. The second-order valence-electron chi connectivity index (χ2n) is 4.26. The van der Waals surface area contributed by atoms with Gasteiger partial charge in [0, 0.05) is 6.04 Å². The summed E-state index contributed by atoms with van der Waals surface area (Å²) in [7, 11) is -3.27. The molecule has 1 aliphatic rings. The Balaban J connectivity index is 2.53. The standard InChI is InChI=1S/C9H17NO4S/c1-6(2)15(13,14)10-8-4-3-7(5-8)9(11)12/h6-8,10H,3-5H2,1-2H3,(H,11,12). The molecule has 0 bridgehead atoms. The summed E-state index contributed by atoms with van der Waals surface area (Å²) in [6.45, 7) is 3.21. The van der Waals surface area contributed by atoms with E-state index in [-0.39, 0.29) is 6.04 Å². The highest BCUT2D eigenvalue weighted by Crippen LogP contribution is 2.26. The average molecular weight is 235 g/mol. The monoisotopic (exact) mass is 235 g/mol. The Kier molecular flexibility index (Phi) is 3.72. The first-order valence-corrected chi connectivity index (χ1v) is 6.61. The third kappa shape index (κ3) is 3.17. The Morgan fingerprint density at radius 1 is 1.40 bits per heavy atom. The number of rotatable bonds is 4. The molecule has 0 aliphatic heterocycles. The summed E-state index contributed by atoms with van der Waals surface area (Å²) in [5, 5.41) is 8.29. The van der Waals surface area contributed by atoms with E-state index < -0.39 is 27.2 Å². The van der Waals surface area contributed by atoms with Crippen molar-refractivity contribution in [3.8, 4) is 0 Å². The van der Waals surface area contributed by atoms with Crippen LogP contribution >= 0.6 is 0 Å². The van der Waals surface area contributed by atoms with Gasteiger partial charge in [-0.15, -0.1) is 0 Å². The fraction of sp³-hybridized carbons (Fsp3) is 0.889. The molecule has 0 aromatic heterocycles. The first-order chi connectivity index (χ1) is 6.83. The minimum atomic E-state index is -3.27. The van der Waals surface area contributed by atoms with Crippen molar-refractivity contribution in [1.29, 1.82) is 0 Å². The molecule has 15 heavy (non-hydrogen) atoms. The number of aliphatic carboxylic acids is 1. The van der Waals surface area contributed by atoms with Crippen LogP contribution in [0.25, 0.3) is 0 Å². The van der Waals surface area contributed by atoms with E-state index in [1.807, 2.05) is 0 Å². The number of nitrogens with one attached hydrogen (secondary N) is 1. The lowest BCUT2D eigenvalue weighted by atomic mass is 10.1. The quantitative estimate of drug-likeness (QED) is 0.746. The fourth-order valence-corrected chi connectivity index (χ4v) is 2.63. The van der Waals surface area contributed by atoms with Crippen molar-refractivity contribution in [2.45, 2.75) is 44.4 Å². The van der Waals surface area contributed by atoms with Crippen LogP contribution in [-0.4, -0.2) is 30.8 Å². The lowest BCUT2D eigenvalue weighted by Crippen LogP contribution is -2.37. The average Bonchev–Trinajstić information content (AvgIpc) is 2.51. The van der Waals surface area contributed by atoms with Crippen LogP contribution in [0.2, 0.25) is 0 Å². The van der Waals surface area contributed by atoms with E-state index in [4.69, 9.17) is 5.11 Å². The van der Waals surface area contributed by atoms with E-state index in [0.717, 1.165) is 0 Å². The van der Waals surface area contributed by atoms with Crippen LogP contribution in [0.1, 0.15) is 33.1 Å². The molecule has 2 atom stereocenters. The molecule has 1 aliphatic carbocycles. The van der Waals surface area contributed by atoms with E-state index in [1.54, 1.807) is 13.8 Å². The molecule has 1 rings (SSSR count). The maximum atomic E-state index is 11.5. The molecule has 0 spiro atoms. The molecule has 1 fully saturated rings. The lowest BCUT2D eigenvalue weighted by Gasteiger charge is -2.14. The molecule has 2 unspecified atom stereocenters. The van der Waals surface area contributed by atoms with Gasteiger partial charge in [-0.25, -0.2) is 13.1 Å². The van der Waals surface area contributed by atoms with Crippen LogP contribution in [0, 0.1) is 5.92 Å². The summed E-state index contributed by atoms with van der Waals surface area (Å²) < 4.78 is 25.6. The van der Waals surface area contributed by atoms with E-state index in [0.29, 0.717) is 19.3 Å². The number of carboxylic acids is 1. The number of hydrogen-bond acceptors (Lipinski definition) is 3. The third-order valence-electron chi connectivity index (χ3n) is 2.73. The van der Waals surface area contributed by atoms with Crippen LogP contribution in [0.3, 0.4) is 0 Å². The summed E-state index contributed by atoms with van der Waals surface area (Å²) in [4.78, 5) is 10.7. The van der Waals surface area contributed by atoms with E-state index in [2.05, 4.69) is 4.72 Å². The molecular formula is C9H17NO4S. The molecule has 2 N–H and O–H groups in total. The van der Waals surface area contributed by atoms with Crippen LogP contribution in [0.15, 0.2) is 0 Å². The zero-order chi connectivity index (χ0) is 11.6. The zero-order valence-corrected chi connectivity index (χ0v) is 9.75. The van der Waals surface area contributed by atoms with E-state index in [9.17, 15) is 13.2 Å². The summed E-state index contributed by atoms with van der Waals surface area (Å²) in [5.41, 5.74) is 0. The smallest absolute Gasteiger partial charge is 0.306 e. The Morgan fingerprint density at radius 2 is 2.00 bits per heavy atom. The Bertz CT molecular complexity index is 336. The van der Waals surface area contributed by atoms with Gasteiger partial charge in [0.05, 0.1) is 11.2 Å². The highest BCUT2D eigenvalue weighted by Gasteiger charge is 2.32. The summed E-state index contributed by atoms with van der Waals surface area (Å²) in [5.74, 6) is -1.23. The summed E-state index contributed by atoms with van der Waals surface area (Å²) in [6.07, 6.45) is 1.57. The van der Waals surface area contributed by atoms with Gasteiger partial charge in [-0.2, -0.15) is 0 Å². The SMILES string of the molecule is CC(C)S(=O)(=O)NC1CCC(C(=O)O)C1. The van der Waals surface area contributed by atoms with E-state index >= 15 is 0 Å². The van der Waals surface area contributed by atoms with Crippen LogP contribution < -0.4 is 4.72 Å². The number of carbonyl (C=O) groups is 1. The molecule has 0 saturated heterocycles.